The molecule has 0 radical (unpaired) electrons. The molecule has 1 atom stereocenters. The van der Waals surface area contributed by atoms with Gasteiger partial charge in [0.2, 0.25) is 0 Å². The van der Waals surface area contributed by atoms with Crippen molar-refractivity contribution < 1.29 is 26.9 Å². The molecule has 0 N–H and O–H groups in total. The minimum atomic E-state index is -4.11. The Morgan fingerprint density at radius 1 is 1.44 bits per heavy atom. The summed E-state index contributed by atoms with van der Waals surface area (Å²) in [6, 6.07) is 0. The summed E-state index contributed by atoms with van der Waals surface area (Å²) < 4.78 is 38.7. The lowest BCUT2D eigenvalue weighted by atomic mass is 10.1. The Balaban J connectivity index is 3.03. The van der Waals surface area contributed by atoms with Crippen LogP contribution in [0.25, 0.3) is 0 Å². The van der Waals surface area contributed by atoms with E-state index in [2.05, 4.69) is 4.18 Å². The summed E-state index contributed by atoms with van der Waals surface area (Å²) in [5.74, 6) is 0. The summed E-state index contributed by atoms with van der Waals surface area (Å²) in [7, 11) is -2.69. The van der Waals surface area contributed by atoms with E-state index in [1.54, 1.807) is 27.7 Å². The number of carbonyl (C=O) groups is 1. The van der Waals surface area contributed by atoms with Gasteiger partial charge in [-0.3, -0.25) is 4.18 Å². The zero-order chi connectivity index (χ0) is 14.2. The fraction of sp³-hybridized carbons (Fsp3) is 0.900. The van der Waals surface area contributed by atoms with Gasteiger partial charge in [0.25, 0.3) is 0 Å². The molecule has 0 spiro atoms. The van der Waals surface area contributed by atoms with E-state index in [0.29, 0.717) is 4.31 Å². The van der Waals surface area contributed by atoms with E-state index >= 15 is 0 Å². The minimum Gasteiger partial charge on any atom is -0.443 e. The van der Waals surface area contributed by atoms with E-state index in [9.17, 15) is 13.2 Å². The second-order valence-electron chi connectivity index (χ2n) is 5.39. The summed E-state index contributed by atoms with van der Waals surface area (Å²) in [4.78, 5) is 12.0. The first-order valence-corrected chi connectivity index (χ1v) is 6.80. The molecular formula is C10H19NO6S. The van der Waals surface area contributed by atoms with E-state index in [4.69, 9.17) is 9.47 Å². The van der Waals surface area contributed by atoms with Crippen LogP contribution in [0.4, 0.5) is 4.79 Å². The largest absolute Gasteiger partial charge is 0.443 e. The third kappa shape index (κ3) is 3.12. The van der Waals surface area contributed by atoms with Gasteiger partial charge in [0.15, 0.2) is 0 Å². The molecule has 1 heterocycles. The number of hydrogen-bond donors (Lipinski definition) is 0. The molecule has 0 bridgehead atoms. The molecule has 1 aliphatic rings. The summed E-state index contributed by atoms with van der Waals surface area (Å²) in [6.07, 6.45) is -0.959. The van der Waals surface area contributed by atoms with Crippen molar-refractivity contribution in [2.75, 3.05) is 20.3 Å². The molecule has 106 valence electrons. The Hall–Kier alpha value is -0.860. The average Bonchev–Trinajstić information content (AvgIpc) is 2.34. The Morgan fingerprint density at radius 3 is 2.44 bits per heavy atom. The van der Waals surface area contributed by atoms with Gasteiger partial charge in [-0.05, 0) is 27.7 Å². The molecule has 1 aliphatic heterocycles. The second kappa shape index (κ2) is 4.67. The van der Waals surface area contributed by atoms with Crippen molar-refractivity contribution in [3.63, 3.8) is 0 Å². The lowest BCUT2D eigenvalue weighted by molar-refractivity contribution is 0.0124. The van der Waals surface area contributed by atoms with Gasteiger partial charge in [0, 0.05) is 7.11 Å². The third-order valence-corrected chi connectivity index (χ3v) is 3.70. The summed E-state index contributed by atoms with van der Waals surface area (Å²) in [5, 5.41) is 0. The molecule has 0 aromatic carbocycles. The topological polar surface area (TPSA) is 82.1 Å². The maximum absolute atomic E-state index is 12.0. The quantitative estimate of drug-likeness (QED) is 0.748. The number of nitrogens with zero attached hydrogens (tertiary/aromatic N) is 1. The van der Waals surface area contributed by atoms with Crippen molar-refractivity contribution >= 4 is 16.4 Å². The predicted octanol–water partition coefficient (Wildman–Crippen LogP) is 0.904. The predicted molar refractivity (Wildman–Crippen MR) is 63.2 cm³/mol. The SMILES string of the molecule is COCC1(C)COS(=O)(=O)N1C(=O)OC(C)(C)C. The zero-order valence-electron chi connectivity index (χ0n) is 11.2. The molecule has 18 heavy (non-hydrogen) atoms. The molecule has 0 saturated carbocycles. The number of rotatable bonds is 2. The first-order chi connectivity index (χ1) is 8.02. The minimum absolute atomic E-state index is 0.0332. The van der Waals surface area contributed by atoms with Crippen LogP contribution in [0.15, 0.2) is 0 Å². The highest BCUT2D eigenvalue weighted by atomic mass is 32.2. The van der Waals surface area contributed by atoms with Crippen LogP contribution in [0.3, 0.4) is 0 Å². The molecule has 1 rings (SSSR count). The van der Waals surface area contributed by atoms with Gasteiger partial charge < -0.3 is 9.47 Å². The van der Waals surface area contributed by atoms with Crippen LogP contribution >= 0.6 is 0 Å². The van der Waals surface area contributed by atoms with Crippen molar-refractivity contribution in [1.82, 2.24) is 4.31 Å². The smallest absolute Gasteiger partial charge is 0.426 e. The van der Waals surface area contributed by atoms with Crippen LogP contribution in [0.2, 0.25) is 0 Å². The molecule has 1 unspecified atom stereocenters. The number of amides is 1. The average molecular weight is 281 g/mol. The van der Waals surface area contributed by atoms with E-state index < -0.39 is 27.5 Å². The first-order valence-electron chi connectivity index (χ1n) is 5.43. The number of hydrogen-bond acceptors (Lipinski definition) is 6. The van der Waals surface area contributed by atoms with Crippen molar-refractivity contribution in [2.24, 2.45) is 0 Å². The van der Waals surface area contributed by atoms with Gasteiger partial charge in [-0.15, -0.1) is 0 Å². The van der Waals surface area contributed by atoms with Gasteiger partial charge in [0.05, 0.1) is 13.2 Å². The fourth-order valence-corrected chi connectivity index (χ4v) is 2.98. The van der Waals surface area contributed by atoms with Gasteiger partial charge in [-0.2, -0.15) is 12.7 Å². The van der Waals surface area contributed by atoms with Crippen molar-refractivity contribution in [3.8, 4) is 0 Å². The molecule has 7 nitrogen and oxygen atoms in total. The Bertz CT molecular complexity index is 426. The van der Waals surface area contributed by atoms with Gasteiger partial charge in [0.1, 0.15) is 11.1 Å². The highest BCUT2D eigenvalue weighted by molar-refractivity contribution is 7.85. The van der Waals surface area contributed by atoms with Gasteiger partial charge >= 0.3 is 16.4 Å². The van der Waals surface area contributed by atoms with Crippen molar-refractivity contribution in [3.05, 3.63) is 0 Å². The molecule has 1 saturated heterocycles. The van der Waals surface area contributed by atoms with Gasteiger partial charge in [-0.1, -0.05) is 0 Å². The third-order valence-electron chi connectivity index (χ3n) is 2.25. The summed E-state index contributed by atoms with van der Waals surface area (Å²) >= 11 is 0. The lowest BCUT2D eigenvalue weighted by Gasteiger charge is -2.31. The molecule has 8 heteroatoms. The number of carbonyl (C=O) groups excluding carboxylic acids is 1. The van der Waals surface area contributed by atoms with E-state index in [-0.39, 0.29) is 13.2 Å². The van der Waals surface area contributed by atoms with E-state index in [1.807, 2.05) is 0 Å². The zero-order valence-corrected chi connectivity index (χ0v) is 12.0. The van der Waals surface area contributed by atoms with Gasteiger partial charge in [-0.25, -0.2) is 4.79 Å². The summed E-state index contributed by atoms with van der Waals surface area (Å²) in [5.41, 5.74) is -1.88. The Morgan fingerprint density at radius 2 is 2.00 bits per heavy atom. The van der Waals surface area contributed by atoms with Crippen LogP contribution in [0.1, 0.15) is 27.7 Å². The van der Waals surface area contributed by atoms with E-state index in [0.717, 1.165) is 0 Å². The van der Waals surface area contributed by atoms with Crippen LogP contribution in [0.5, 0.6) is 0 Å². The standard InChI is InChI=1S/C10H19NO6S/c1-9(2,3)17-8(12)11-10(4,6-15-5)7-16-18(11,13)14/h6-7H2,1-5H3. The normalized spacial score (nSPS) is 27.3. The number of ether oxygens (including phenoxy) is 2. The summed E-state index contributed by atoms with van der Waals surface area (Å²) in [6.45, 7) is 6.41. The molecular weight excluding hydrogens is 262 g/mol. The number of methoxy groups -OCH3 is 1. The maximum atomic E-state index is 12.0. The molecule has 1 fully saturated rings. The Kier molecular flexibility index (Phi) is 3.94. The molecule has 0 aromatic heterocycles. The van der Waals surface area contributed by atoms with Crippen LogP contribution in [-0.2, 0) is 24.0 Å². The molecule has 0 aliphatic carbocycles. The van der Waals surface area contributed by atoms with Crippen LogP contribution < -0.4 is 0 Å². The molecule has 0 aromatic rings. The first kappa shape index (κ1) is 15.2. The fourth-order valence-electron chi connectivity index (χ4n) is 1.61. The van der Waals surface area contributed by atoms with Crippen molar-refractivity contribution in [1.29, 1.82) is 0 Å². The van der Waals surface area contributed by atoms with Crippen LogP contribution in [0, 0.1) is 0 Å². The van der Waals surface area contributed by atoms with E-state index in [1.165, 1.54) is 7.11 Å². The molecule has 1 amide bonds. The highest BCUT2D eigenvalue weighted by Gasteiger charge is 2.52. The highest BCUT2D eigenvalue weighted by Crippen LogP contribution is 2.30. The monoisotopic (exact) mass is 281 g/mol. The van der Waals surface area contributed by atoms with Crippen LogP contribution in [-0.4, -0.2) is 50.3 Å². The lowest BCUT2D eigenvalue weighted by Crippen LogP contribution is -2.52. The van der Waals surface area contributed by atoms with Crippen molar-refractivity contribution in [2.45, 2.75) is 38.8 Å². The Labute approximate surface area is 107 Å². The second-order valence-corrected chi connectivity index (χ2v) is 6.85. The maximum Gasteiger partial charge on any atom is 0.426 e.